The number of morpholine rings is 1. The summed E-state index contributed by atoms with van der Waals surface area (Å²) in [6.07, 6.45) is -2.59. The molecule has 1 N–H and O–H groups in total. The Bertz CT molecular complexity index is 402. The van der Waals surface area contributed by atoms with Gasteiger partial charge in [0.15, 0.2) is 0 Å². The average Bonchev–Trinajstić information content (AvgIpc) is 3.27. The Morgan fingerprint density at radius 3 is 2.70 bits per heavy atom. The molecule has 8 heteroatoms. The van der Waals surface area contributed by atoms with E-state index < -0.39 is 18.6 Å². The number of amides is 1. The van der Waals surface area contributed by atoms with Gasteiger partial charge in [0.05, 0.1) is 19.3 Å². The highest BCUT2D eigenvalue weighted by atomic mass is 19.4. The molecule has 0 aromatic rings. The van der Waals surface area contributed by atoms with Crippen molar-refractivity contribution in [3.8, 4) is 0 Å². The van der Waals surface area contributed by atoms with Crippen LogP contribution in [-0.2, 0) is 9.53 Å². The maximum atomic E-state index is 12.7. The Hall–Kier alpha value is -0.860. The van der Waals surface area contributed by atoms with Gasteiger partial charge in [-0.05, 0) is 32.7 Å². The van der Waals surface area contributed by atoms with Crippen LogP contribution in [0.4, 0.5) is 13.2 Å². The lowest BCUT2D eigenvalue weighted by Crippen LogP contribution is -2.50. The van der Waals surface area contributed by atoms with Gasteiger partial charge in [0.25, 0.3) is 0 Å². The number of nitrogens with one attached hydrogen (secondary N) is 1. The molecule has 0 unspecified atom stereocenters. The molecule has 2 aliphatic rings. The van der Waals surface area contributed by atoms with Crippen LogP contribution in [0.5, 0.6) is 0 Å². The van der Waals surface area contributed by atoms with Gasteiger partial charge < -0.3 is 19.9 Å². The van der Waals surface area contributed by atoms with E-state index in [0.717, 1.165) is 30.8 Å². The molecule has 23 heavy (non-hydrogen) atoms. The van der Waals surface area contributed by atoms with Crippen molar-refractivity contribution in [2.24, 2.45) is 5.92 Å². The zero-order valence-electron chi connectivity index (χ0n) is 13.7. The van der Waals surface area contributed by atoms with Crippen LogP contribution in [0.2, 0.25) is 0 Å². The fraction of sp³-hybridized carbons (Fsp3) is 0.933. The molecule has 0 bridgehead atoms. The molecular weight excluding hydrogens is 311 g/mol. The van der Waals surface area contributed by atoms with Gasteiger partial charge >= 0.3 is 6.18 Å². The van der Waals surface area contributed by atoms with E-state index >= 15 is 0 Å². The van der Waals surface area contributed by atoms with E-state index in [0.29, 0.717) is 13.2 Å². The second-order valence-corrected chi connectivity index (χ2v) is 6.60. The first-order valence-electron chi connectivity index (χ1n) is 8.13. The van der Waals surface area contributed by atoms with Crippen LogP contribution in [-0.4, -0.2) is 80.4 Å². The zero-order chi connectivity index (χ0) is 17.0. The second kappa shape index (κ2) is 7.81. The Balaban J connectivity index is 1.79. The number of carbonyl (C=O) groups is 1. The molecule has 2 atom stereocenters. The van der Waals surface area contributed by atoms with Crippen LogP contribution in [0.25, 0.3) is 0 Å². The predicted molar refractivity (Wildman–Crippen MR) is 80.1 cm³/mol. The lowest BCUT2D eigenvalue weighted by molar-refractivity contribution is -0.165. The van der Waals surface area contributed by atoms with E-state index in [2.05, 4.69) is 10.2 Å². The lowest BCUT2D eigenvalue weighted by Gasteiger charge is -2.32. The molecule has 134 valence electrons. The molecule has 1 saturated heterocycles. The largest absolute Gasteiger partial charge is 0.406 e. The van der Waals surface area contributed by atoms with Crippen molar-refractivity contribution < 1.29 is 22.7 Å². The fourth-order valence-corrected chi connectivity index (χ4v) is 2.92. The number of likely N-dealkylation sites (N-methyl/N-ethyl adjacent to an activating group) is 1. The van der Waals surface area contributed by atoms with Crippen LogP contribution in [0.1, 0.15) is 19.8 Å². The van der Waals surface area contributed by atoms with Crippen LogP contribution in [0.15, 0.2) is 0 Å². The molecular formula is C15H26F3N3O2. The molecule has 0 aromatic carbocycles. The minimum atomic E-state index is -4.37. The van der Waals surface area contributed by atoms with E-state index in [9.17, 15) is 18.0 Å². The van der Waals surface area contributed by atoms with Crippen molar-refractivity contribution in [2.45, 2.75) is 38.1 Å². The Morgan fingerprint density at radius 2 is 2.13 bits per heavy atom. The van der Waals surface area contributed by atoms with Crippen molar-refractivity contribution in [1.29, 1.82) is 0 Å². The summed E-state index contributed by atoms with van der Waals surface area (Å²) in [7, 11) is 1.99. The van der Waals surface area contributed by atoms with Gasteiger partial charge in [-0.2, -0.15) is 13.2 Å². The SMILES string of the molecule is C[C@H](C1CC1)N(CC(F)(F)F)C(=O)CNC[C@H]1CN(C)CCO1. The number of carbonyl (C=O) groups excluding carboxylic acids is 1. The van der Waals surface area contributed by atoms with Gasteiger partial charge in [-0.3, -0.25) is 4.79 Å². The molecule has 1 aliphatic carbocycles. The monoisotopic (exact) mass is 337 g/mol. The van der Waals surface area contributed by atoms with Crippen molar-refractivity contribution >= 4 is 5.91 Å². The molecule has 0 aromatic heterocycles. The highest BCUT2D eigenvalue weighted by molar-refractivity contribution is 5.78. The molecule has 1 heterocycles. The minimum Gasteiger partial charge on any atom is -0.374 e. The van der Waals surface area contributed by atoms with Gasteiger partial charge in [0.1, 0.15) is 6.54 Å². The van der Waals surface area contributed by atoms with Gasteiger partial charge in [0, 0.05) is 25.7 Å². The van der Waals surface area contributed by atoms with E-state index in [4.69, 9.17) is 4.74 Å². The number of halogens is 3. The van der Waals surface area contributed by atoms with Gasteiger partial charge in [-0.1, -0.05) is 0 Å². The van der Waals surface area contributed by atoms with E-state index in [-0.39, 0.29) is 24.6 Å². The van der Waals surface area contributed by atoms with Crippen LogP contribution in [0, 0.1) is 5.92 Å². The smallest absolute Gasteiger partial charge is 0.374 e. The highest BCUT2D eigenvalue weighted by Gasteiger charge is 2.40. The number of ether oxygens (including phenoxy) is 1. The quantitative estimate of drug-likeness (QED) is 0.756. The van der Waals surface area contributed by atoms with Gasteiger partial charge in [-0.15, -0.1) is 0 Å². The number of alkyl halides is 3. The summed E-state index contributed by atoms with van der Waals surface area (Å²) in [5.74, 6) is -0.289. The minimum absolute atomic E-state index is 0.0292. The summed E-state index contributed by atoms with van der Waals surface area (Å²) < 4.78 is 43.7. The standard InChI is InChI=1S/C15H26F3N3O2/c1-11(12-3-4-12)21(10-15(16,17)18)14(22)8-19-7-13-9-20(2)5-6-23-13/h11-13,19H,3-10H2,1-2H3/t11-,13+/m1/s1. The number of hydrogen-bond donors (Lipinski definition) is 1. The summed E-state index contributed by atoms with van der Waals surface area (Å²) in [5.41, 5.74) is 0. The predicted octanol–water partition coefficient (Wildman–Crippen LogP) is 1.10. The van der Waals surface area contributed by atoms with Crippen LogP contribution >= 0.6 is 0 Å². The first-order valence-corrected chi connectivity index (χ1v) is 8.13. The van der Waals surface area contributed by atoms with Crippen molar-refractivity contribution in [3.63, 3.8) is 0 Å². The van der Waals surface area contributed by atoms with Crippen LogP contribution < -0.4 is 5.32 Å². The molecule has 1 aliphatic heterocycles. The van der Waals surface area contributed by atoms with E-state index in [1.807, 2.05) is 7.05 Å². The summed E-state index contributed by atoms with van der Waals surface area (Å²) in [4.78, 5) is 15.3. The molecule has 0 spiro atoms. The Kier molecular flexibility index (Phi) is 6.27. The first-order chi connectivity index (χ1) is 10.8. The highest BCUT2D eigenvalue weighted by Crippen LogP contribution is 2.36. The van der Waals surface area contributed by atoms with Crippen LogP contribution in [0.3, 0.4) is 0 Å². The molecule has 1 saturated carbocycles. The van der Waals surface area contributed by atoms with Crippen molar-refractivity contribution in [3.05, 3.63) is 0 Å². The number of hydrogen-bond acceptors (Lipinski definition) is 4. The molecule has 2 rings (SSSR count). The third-order valence-electron chi connectivity index (χ3n) is 4.46. The maximum Gasteiger partial charge on any atom is 0.406 e. The third kappa shape index (κ3) is 6.27. The van der Waals surface area contributed by atoms with Crippen molar-refractivity contribution in [2.75, 3.05) is 46.4 Å². The summed E-state index contributed by atoms with van der Waals surface area (Å²) in [5, 5.41) is 2.95. The second-order valence-electron chi connectivity index (χ2n) is 6.60. The summed E-state index contributed by atoms with van der Waals surface area (Å²) >= 11 is 0. The lowest BCUT2D eigenvalue weighted by atomic mass is 10.1. The number of nitrogens with zero attached hydrogens (tertiary/aromatic N) is 2. The topological polar surface area (TPSA) is 44.8 Å². The first kappa shape index (κ1) is 18.5. The van der Waals surface area contributed by atoms with Gasteiger partial charge in [-0.25, -0.2) is 0 Å². The number of rotatable bonds is 7. The third-order valence-corrected chi connectivity index (χ3v) is 4.46. The normalized spacial score (nSPS) is 24.5. The fourth-order valence-electron chi connectivity index (χ4n) is 2.92. The van der Waals surface area contributed by atoms with E-state index in [1.54, 1.807) is 6.92 Å². The average molecular weight is 337 g/mol. The van der Waals surface area contributed by atoms with Gasteiger partial charge in [0.2, 0.25) is 5.91 Å². The molecule has 1 amide bonds. The molecule has 2 fully saturated rings. The summed E-state index contributed by atoms with van der Waals surface area (Å²) in [6, 6.07) is -0.358. The van der Waals surface area contributed by atoms with Crippen molar-refractivity contribution in [1.82, 2.24) is 15.1 Å². The Morgan fingerprint density at radius 1 is 1.43 bits per heavy atom. The van der Waals surface area contributed by atoms with E-state index in [1.165, 1.54) is 0 Å². The Labute approximate surface area is 135 Å². The zero-order valence-corrected chi connectivity index (χ0v) is 13.7. The molecule has 5 nitrogen and oxygen atoms in total. The summed E-state index contributed by atoms with van der Waals surface area (Å²) in [6.45, 7) is 3.17. The molecule has 0 radical (unpaired) electrons. The maximum absolute atomic E-state index is 12.7.